The Hall–Kier alpha value is -2.27. The highest BCUT2D eigenvalue weighted by Gasteiger charge is 2.14. The molecule has 0 unspecified atom stereocenters. The van der Waals surface area contributed by atoms with Crippen LogP contribution < -0.4 is 14.2 Å². The molecule has 0 saturated heterocycles. The third-order valence-electron chi connectivity index (χ3n) is 3.26. The number of ether oxygens (including phenoxy) is 3. The van der Waals surface area contributed by atoms with Crippen molar-refractivity contribution in [3.05, 3.63) is 58.1 Å². The molecule has 5 heteroatoms. The lowest BCUT2D eigenvalue weighted by atomic mass is 10.1. The van der Waals surface area contributed by atoms with Crippen molar-refractivity contribution in [1.29, 1.82) is 0 Å². The van der Waals surface area contributed by atoms with Gasteiger partial charge in [-0.25, -0.2) is 0 Å². The number of benzene rings is 2. The lowest BCUT2D eigenvalue weighted by Crippen LogP contribution is -1.97. The van der Waals surface area contributed by atoms with Crippen molar-refractivity contribution in [3.63, 3.8) is 0 Å². The van der Waals surface area contributed by atoms with Crippen molar-refractivity contribution >= 4 is 27.8 Å². The highest BCUT2D eigenvalue weighted by molar-refractivity contribution is 9.10. The van der Waals surface area contributed by atoms with Gasteiger partial charge >= 0.3 is 0 Å². The van der Waals surface area contributed by atoms with E-state index in [-0.39, 0.29) is 5.78 Å². The highest BCUT2D eigenvalue weighted by atomic mass is 79.9. The molecule has 0 atom stereocenters. The summed E-state index contributed by atoms with van der Waals surface area (Å²) in [5.41, 5.74) is 1.34. The molecule has 0 amide bonds. The predicted molar refractivity (Wildman–Crippen MR) is 93.6 cm³/mol. The first-order chi connectivity index (χ1) is 11.1. The second-order valence-electron chi connectivity index (χ2n) is 4.63. The Morgan fingerprint density at radius 1 is 1.00 bits per heavy atom. The van der Waals surface area contributed by atoms with Gasteiger partial charge in [0.05, 0.1) is 21.3 Å². The Morgan fingerprint density at radius 2 is 1.74 bits per heavy atom. The minimum Gasteiger partial charge on any atom is -0.493 e. The van der Waals surface area contributed by atoms with Crippen molar-refractivity contribution in [2.45, 2.75) is 0 Å². The molecule has 2 rings (SSSR count). The normalized spacial score (nSPS) is 10.6. The Morgan fingerprint density at radius 3 is 2.35 bits per heavy atom. The zero-order valence-electron chi connectivity index (χ0n) is 13.1. The number of carbonyl (C=O) groups is 1. The Balaban J connectivity index is 2.34. The van der Waals surface area contributed by atoms with Crippen molar-refractivity contribution in [2.75, 3.05) is 21.3 Å². The molecule has 0 bridgehead atoms. The lowest BCUT2D eigenvalue weighted by Gasteiger charge is -2.13. The number of hydrogen-bond acceptors (Lipinski definition) is 4. The molecule has 120 valence electrons. The van der Waals surface area contributed by atoms with E-state index in [4.69, 9.17) is 14.2 Å². The van der Waals surface area contributed by atoms with Gasteiger partial charge in [0.2, 0.25) is 5.75 Å². The van der Waals surface area contributed by atoms with Gasteiger partial charge in [0.1, 0.15) is 0 Å². The van der Waals surface area contributed by atoms with Crippen molar-refractivity contribution in [3.8, 4) is 17.2 Å². The highest BCUT2D eigenvalue weighted by Crippen LogP contribution is 2.40. The van der Waals surface area contributed by atoms with Gasteiger partial charge in [-0.15, -0.1) is 0 Å². The molecular weight excluding hydrogens is 360 g/mol. The standard InChI is InChI=1S/C18H17BrO4/c1-21-16-10-8-12(17(22-2)18(16)23-3)7-9-15(20)13-5-4-6-14(19)11-13/h4-11H,1-3H3. The number of allylic oxidation sites excluding steroid dienone is 1. The Bertz CT molecular complexity index is 738. The molecule has 0 heterocycles. The number of methoxy groups -OCH3 is 3. The molecule has 2 aromatic rings. The number of hydrogen-bond donors (Lipinski definition) is 0. The molecule has 0 aliphatic heterocycles. The molecule has 0 radical (unpaired) electrons. The number of halogens is 1. The van der Waals surface area contributed by atoms with E-state index < -0.39 is 0 Å². The van der Waals surface area contributed by atoms with Crippen LogP contribution in [0.3, 0.4) is 0 Å². The quantitative estimate of drug-likeness (QED) is 0.554. The van der Waals surface area contributed by atoms with Gasteiger partial charge in [-0.2, -0.15) is 0 Å². The van der Waals surface area contributed by atoms with Gasteiger partial charge in [0.25, 0.3) is 0 Å². The van der Waals surface area contributed by atoms with Gasteiger partial charge in [-0.3, -0.25) is 4.79 Å². The molecule has 23 heavy (non-hydrogen) atoms. The first-order valence-electron chi connectivity index (χ1n) is 6.87. The van der Waals surface area contributed by atoms with E-state index in [1.165, 1.54) is 6.08 Å². The summed E-state index contributed by atoms with van der Waals surface area (Å²) in [6.45, 7) is 0. The van der Waals surface area contributed by atoms with Crippen LogP contribution in [0.1, 0.15) is 15.9 Å². The lowest BCUT2D eigenvalue weighted by molar-refractivity contribution is 0.104. The second kappa shape index (κ2) is 7.83. The van der Waals surface area contributed by atoms with E-state index in [2.05, 4.69) is 15.9 Å². The summed E-state index contributed by atoms with van der Waals surface area (Å²) in [7, 11) is 4.65. The maximum absolute atomic E-state index is 12.2. The summed E-state index contributed by atoms with van der Waals surface area (Å²) < 4.78 is 16.8. The van der Waals surface area contributed by atoms with E-state index in [1.807, 2.05) is 18.2 Å². The fraction of sp³-hybridized carbons (Fsp3) is 0.167. The van der Waals surface area contributed by atoms with Gasteiger partial charge in [-0.05, 0) is 36.4 Å². The average molecular weight is 377 g/mol. The molecule has 0 fully saturated rings. The largest absolute Gasteiger partial charge is 0.493 e. The van der Waals surface area contributed by atoms with E-state index >= 15 is 0 Å². The third-order valence-corrected chi connectivity index (χ3v) is 3.75. The monoisotopic (exact) mass is 376 g/mol. The van der Waals surface area contributed by atoms with Gasteiger partial charge in [0.15, 0.2) is 17.3 Å². The topological polar surface area (TPSA) is 44.8 Å². The van der Waals surface area contributed by atoms with E-state index in [0.29, 0.717) is 22.8 Å². The summed E-state index contributed by atoms with van der Waals surface area (Å²) in [6, 6.07) is 10.8. The van der Waals surface area contributed by atoms with Crippen molar-refractivity contribution < 1.29 is 19.0 Å². The molecule has 0 N–H and O–H groups in total. The minimum atomic E-state index is -0.0943. The number of rotatable bonds is 6. The van der Waals surface area contributed by atoms with Crippen LogP contribution in [-0.2, 0) is 0 Å². The maximum atomic E-state index is 12.2. The van der Waals surface area contributed by atoms with E-state index in [1.54, 1.807) is 45.6 Å². The Labute approximate surface area is 143 Å². The summed E-state index contributed by atoms with van der Waals surface area (Å²) in [5.74, 6) is 1.49. The second-order valence-corrected chi connectivity index (χ2v) is 5.55. The van der Waals surface area contributed by atoms with Crippen LogP contribution in [0.15, 0.2) is 46.9 Å². The summed E-state index contributed by atoms with van der Waals surface area (Å²) in [5, 5.41) is 0. The average Bonchev–Trinajstić information content (AvgIpc) is 2.58. The fourth-order valence-electron chi connectivity index (χ4n) is 2.16. The molecule has 4 nitrogen and oxygen atoms in total. The molecule has 0 aliphatic carbocycles. The van der Waals surface area contributed by atoms with Gasteiger partial charge < -0.3 is 14.2 Å². The fourth-order valence-corrected chi connectivity index (χ4v) is 2.56. The van der Waals surface area contributed by atoms with Crippen LogP contribution in [0.4, 0.5) is 0 Å². The molecule has 2 aromatic carbocycles. The molecular formula is C18H17BrO4. The zero-order valence-corrected chi connectivity index (χ0v) is 14.7. The molecule has 0 aliphatic rings. The number of carbonyl (C=O) groups excluding carboxylic acids is 1. The molecule has 0 spiro atoms. The van der Waals surface area contributed by atoms with Crippen LogP contribution in [0.5, 0.6) is 17.2 Å². The van der Waals surface area contributed by atoms with E-state index in [0.717, 1.165) is 10.0 Å². The van der Waals surface area contributed by atoms with Crippen LogP contribution in [0.2, 0.25) is 0 Å². The third kappa shape index (κ3) is 3.93. The predicted octanol–water partition coefficient (Wildman–Crippen LogP) is 4.37. The first kappa shape index (κ1) is 17.1. The summed E-state index contributed by atoms with van der Waals surface area (Å²) >= 11 is 3.36. The van der Waals surface area contributed by atoms with Crippen LogP contribution in [0, 0.1) is 0 Å². The number of ketones is 1. The SMILES string of the molecule is COc1ccc(C=CC(=O)c2cccc(Br)c2)c(OC)c1OC. The molecule has 0 aromatic heterocycles. The van der Waals surface area contributed by atoms with Crippen molar-refractivity contribution in [1.82, 2.24) is 0 Å². The summed E-state index contributed by atoms with van der Waals surface area (Å²) in [6.07, 6.45) is 3.20. The zero-order chi connectivity index (χ0) is 16.8. The first-order valence-corrected chi connectivity index (χ1v) is 7.67. The van der Waals surface area contributed by atoms with E-state index in [9.17, 15) is 4.79 Å². The van der Waals surface area contributed by atoms with Gasteiger partial charge in [-0.1, -0.05) is 28.1 Å². The summed E-state index contributed by atoms with van der Waals surface area (Å²) in [4.78, 5) is 12.2. The smallest absolute Gasteiger partial charge is 0.203 e. The minimum absolute atomic E-state index is 0.0943. The van der Waals surface area contributed by atoms with Gasteiger partial charge in [0, 0.05) is 15.6 Å². The molecule has 0 saturated carbocycles. The van der Waals surface area contributed by atoms with Crippen LogP contribution >= 0.6 is 15.9 Å². The van der Waals surface area contributed by atoms with Crippen molar-refractivity contribution in [2.24, 2.45) is 0 Å². The van der Waals surface area contributed by atoms with Crippen LogP contribution in [0.25, 0.3) is 6.08 Å². The Kier molecular flexibility index (Phi) is 5.82. The maximum Gasteiger partial charge on any atom is 0.203 e. The van der Waals surface area contributed by atoms with Crippen LogP contribution in [-0.4, -0.2) is 27.1 Å².